The Labute approximate surface area is 158 Å². The lowest BCUT2D eigenvalue weighted by Crippen LogP contribution is -2.15. The number of para-hydroxylation sites is 1. The maximum Gasteiger partial charge on any atom is 0.274 e. The lowest BCUT2D eigenvalue weighted by molar-refractivity contribution is 0.102. The fraction of sp³-hybridized carbons (Fsp3) is 0.136. The maximum absolute atomic E-state index is 12.6. The summed E-state index contributed by atoms with van der Waals surface area (Å²) in [6, 6.07) is 18.7. The third kappa shape index (κ3) is 4.31. The van der Waals surface area contributed by atoms with Crippen molar-refractivity contribution < 1.29 is 4.79 Å². The van der Waals surface area contributed by atoms with E-state index in [2.05, 4.69) is 28.6 Å². The van der Waals surface area contributed by atoms with E-state index < -0.39 is 0 Å². The van der Waals surface area contributed by atoms with Gasteiger partial charge in [-0.25, -0.2) is 4.98 Å². The van der Waals surface area contributed by atoms with Gasteiger partial charge < -0.3 is 10.6 Å². The second-order valence-electron chi connectivity index (χ2n) is 6.17. The highest BCUT2D eigenvalue weighted by Crippen LogP contribution is 2.22. The number of carbonyl (C=O) groups is 1. The molecule has 0 bridgehead atoms. The third-order valence-corrected chi connectivity index (χ3v) is 4.25. The minimum absolute atomic E-state index is 0.239. The molecule has 27 heavy (non-hydrogen) atoms. The van der Waals surface area contributed by atoms with Crippen molar-refractivity contribution in [2.75, 3.05) is 10.6 Å². The number of aromatic nitrogens is 1. The minimum atomic E-state index is -0.239. The molecule has 3 aromatic rings. The van der Waals surface area contributed by atoms with E-state index in [9.17, 15) is 4.79 Å². The first-order valence-electron chi connectivity index (χ1n) is 8.73. The Bertz CT molecular complexity index is 1000. The molecule has 0 fully saturated rings. The van der Waals surface area contributed by atoms with Gasteiger partial charge in [0.2, 0.25) is 0 Å². The predicted octanol–water partition coefficient (Wildman–Crippen LogP) is 4.82. The standard InChI is InChI=1S/C22H20N4O/c1-3-17-8-4-6-15(2)21(17)26-22(27)20-11-10-19(14-24-20)25-18-9-5-7-16(12-18)13-23/h4-12,14,25H,3H2,1-2H3,(H,26,27). The summed E-state index contributed by atoms with van der Waals surface area (Å²) in [5, 5.41) is 15.1. The van der Waals surface area contributed by atoms with Crippen molar-refractivity contribution in [1.82, 2.24) is 4.98 Å². The van der Waals surface area contributed by atoms with Crippen LogP contribution in [0, 0.1) is 18.3 Å². The van der Waals surface area contributed by atoms with Crippen LogP contribution < -0.4 is 10.6 Å². The van der Waals surface area contributed by atoms with E-state index in [-0.39, 0.29) is 5.91 Å². The number of nitrogens with one attached hydrogen (secondary N) is 2. The van der Waals surface area contributed by atoms with Gasteiger partial charge in [0.05, 0.1) is 23.5 Å². The molecule has 0 saturated heterocycles. The Morgan fingerprint density at radius 3 is 2.63 bits per heavy atom. The quantitative estimate of drug-likeness (QED) is 0.687. The van der Waals surface area contributed by atoms with E-state index >= 15 is 0 Å². The molecule has 5 nitrogen and oxygen atoms in total. The monoisotopic (exact) mass is 356 g/mol. The molecule has 0 atom stereocenters. The molecule has 1 heterocycles. The highest BCUT2D eigenvalue weighted by molar-refractivity contribution is 6.03. The topological polar surface area (TPSA) is 77.8 Å². The van der Waals surface area contributed by atoms with Crippen LogP contribution in [0.25, 0.3) is 0 Å². The average Bonchev–Trinajstić information content (AvgIpc) is 2.70. The first kappa shape index (κ1) is 18.2. The molecule has 2 aromatic carbocycles. The van der Waals surface area contributed by atoms with Crippen LogP contribution in [0.2, 0.25) is 0 Å². The van der Waals surface area contributed by atoms with E-state index in [4.69, 9.17) is 5.26 Å². The number of hydrogen-bond acceptors (Lipinski definition) is 4. The van der Waals surface area contributed by atoms with Gasteiger partial charge in [0.15, 0.2) is 0 Å². The van der Waals surface area contributed by atoms with Gasteiger partial charge in [-0.1, -0.05) is 31.2 Å². The van der Waals surface area contributed by atoms with Crippen LogP contribution >= 0.6 is 0 Å². The van der Waals surface area contributed by atoms with Gasteiger partial charge in [-0.2, -0.15) is 5.26 Å². The van der Waals surface area contributed by atoms with Crippen molar-refractivity contribution >= 4 is 23.0 Å². The first-order valence-corrected chi connectivity index (χ1v) is 8.73. The maximum atomic E-state index is 12.6. The SMILES string of the molecule is CCc1cccc(C)c1NC(=O)c1ccc(Nc2cccc(C#N)c2)cn1. The minimum Gasteiger partial charge on any atom is -0.354 e. The van der Waals surface area contributed by atoms with Gasteiger partial charge in [0.25, 0.3) is 5.91 Å². The normalized spacial score (nSPS) is 10.1. The van der Waals surface area contributed by atoms with Crippen molar-refractivity contribution in [1.29, 1.82) is 5.26 Å². The van der Waals surface area contributed by atoms with E-state index in [0.29, 0.717) is 11.3 Å². The van der Waals surface area contributed by atoms with Crippen molar-refractivity contribution in [3.8, 4) is 6.07 Å². The Kier molecular flexibility index (Phi) is 5.48. The molecule has 1 amide bonds. The summed E-state index contributed by atoms with van der Waals surface area (Å²) in [6.07, 6.45) is 2.45. The molecule has 0 unspecified atom stereocenters. The lowest BCUT2D eigenvalue weighted by atomic mass is 10.1. The van der Waals surface area contributed by atoms with Crippen molar-refractivity contribution in [2.45, 2.75) is 20.3 Å². The summed E-state index contributed by atoms with van der Waals surface area (Å²) >= 11 is 0. The average molecular weight is 356 g/mol. The number of hydrogen-bond donors (Lipinski definition) is 2. The van der Waals surface area contributed by atoms with Crippen LogP contribution in [0.4, 0.5) is 17.1 Å². The summed E-state index contributed by atoms with van der Waals surface area (Å²) < 4.78 is 0. The van der Waals surface area contributed by atoms with Crippen molar-refractivity contribution in [3.05, 3.63) is 83.2 Å². The van der Waals surface area contributed by atoms with Crippen LogP contribution in [0.3, 0.4) is 0 Å². The molecule has 1 aromatic heterocycles. The van der Waals surface area contributed by atoms with Crippen molar-refractivity contribution in [2.24, 2.45) is 0 Å². The molecule has 0 aliphatic heterocycles. The zero-order valence-corrected chi connectivity index (χ0v) is 15.3. The fourth-order valence-corrected chi connectivity index (χ4v) is 2.81. The van der Waals surface area contributed by atoms with Crippen LogP contribution in [0.1, 0.15) is 34.1 Å². The van der Waals surface area contributed by atoms with Crippen molar-refractivity contribution in [3.63, 3.8) is 0 Å². The number of pyridine rings is 1. The first-order chi connectivity index (χ1) is 13.1. The van der Waals surface area contributed by atoms with Crippen LogP contribution in [0.15, 0.2) is 60.8 Å². The lowest BCUT2D eigenvalue weighted by Gasteiger charge is -2.13. The number of nitrogens with zero attached hydrogens (tertiary/aromatic N) is 2. The Morgan fingerprint density at radius 1 is 1.11 bits per heavy atom. The third-order valence-electron chi connectivity index (χ3n) is 4.25. The van der Waals surface area contributed by atoms with E-state index in [1.165, 1.54) is 0 Å². The molecule has 3 rings (SSSR count). The van der Waals surface area contributed by atoms with Crippen LogP contribution in [-0.4, -0.2) is 10.9 Å². The Hall–Kier alpha value is -3.65. The molecular weight excluding hydrogens is 336 g/mol. The number of carbonyl (C=O) groups excluding carboxylic acids is 1. The summed E-state index contributed by atoms with van der Waals surface area (Å²) in [7, 11) is 0. The summed E-state index contributed by atoms with van der Waals surface area (Å²) in [6.45, 7) is 4.04. The van der Waals surface area contributed by atoms with E-state index in [1.807, 2.05) is 37.3 Å². The summed E-state index contributed by atoms with van der Waals surface area (Å²) in [5.74, 6) is -0.239. The Morgan fingerprint density at radius 2 is 1.93 bits per heavy atom. The molecule has 0 saturated carbocycles. The van der Waals surface area contributed by atoms with E-state index in [1.54, 1.807) is 30.5 Å². The van der Waals surface area contributed by atoms with E-state index in [0.717, 1.165) is 34.6 Å². The zero-order valence-electron chi connectivity index (χ0n) is 15.3. The van der Waals surface area contributed by atoms with Gasteiger partial charge in [-0.15, -0.1) is 0 Å². The molecule has 0 radical (unpaired) electrons. The number of benzene rings is 2. The number of amides is 1. The second kappa shape index (κ2) is 8.15. The number of aryl methyl sites for hydroxylation is 2. The molecule has 134 valence electrons. The smallest absolute Gasteiger partial charge is 0.274 e. The van der Waals surface area contributed by atoms with Gasteiger partial charge in [0, 0.05) is 11.4 Å². The molecule has 0 spiro atoms. The molecule has 5 heteroatoms. The molecule has 0 aliphatic carbocycles. The van der Waals surface area contributed by atoms with Gasteiger partial charge in [-0.3, -0.25) is 4.79 Å². The molecule has 2 N–H and O–H groups in total. The molecule has 0 aliphatic rings. The zero-order chi connectivity index (χ0) is 19.2. The second-order valence-corrected chi connectivity index (χ2v) is 6.17. The van der Waals surface area contributed by atoms with Gasteiger partial charge in [0.1, 0.15) is 5.69 Å². The van der Waals surface area contributed by atoms with Gasteiger partial charge in [-0.05, 0) is 54.8 Å². The fourth-order valence-electron chi connectivity index (χ4n) is 2.81. The summed E-state index contributed by atoms with van der Waals surface area (Å²) in [4.78, 5) is 16.8. The Balaban J connectivity index is 1.73. The number of anilines is 3. The van der Waals surface area contributed by atoms with Gasteiger partial charge >= 0.3 is 0 Å². The largest absolute Gasteiger partial charge is 0.354 e. The molecular formula is C22H20N4O. The number of rotatable bonds is 5. The highest BCUT2D eigenvalue weighted by atomic mass is 16.1. The van der Waals surface area contributed by atoms with Crippen LogP contribution in [0.5, 0.6) is 0 Å². The van der Waals surface area contributed by atoms with Crippen LogP contribution in [-0.2, 0) is 6.42 Å². The summed E-state index contributed by atoms with van der Waals surface area (Å²) in [5.41, 5.74) is 5.43. The predicted molar refractivity (Wildman–Crippen MR) is 107 cm³/mol. The highest BCUT2D eigenvalue weighted by Gasteiger charge is 2.12. The number of nitriles is 1.